The van der Waals surface area contributed by atoms with Gasteiger partial charge in [0.2, 0.25) is 0 Å². The average Bonchev–Trinajstić information content (AvgIpc) is 2.89. The summed E-state index contributed by atoms with van der Waals surface area (Å²) in [5, 5.41) is 31.2. The zero-order chi connectivity index (χ0) is 28.3. The van der Waals surface area contributed by atoms with Crippen LogP contribution in [0.3, 0.4) is 0 Å². The Morgan fingerprint density at radius 3 is 1.47 bits per heavy atom. The van der Waals surface area contributed by atoms with Crippen LogP contribution in [0.25, 0.3) is 0 Å². The second-order valence-electron chi connectivity index (χ2n) is 8.31. The first-order chi connectivity index (χ1) is 18.1. The largest absolute Gasteiger partial charge is 0.478 e. The Balaban J connectivity index is 0.000000374. The smallest absolute Gasteiger partial charge is 0.328 e. The van der Waals surface area contributed by atoms with Crippen LogP contribution in [0.4, 0.5) is 0 Å². The molecule has 1 heterocycles. The summed E-state index contributed by atoms with van der Waals surface area (Å²) in [4.78, 5) is 43.3. The van der Waals surface area contributed by atoms with Gasteiger partial charge in [0, 0.05) is 56.5 Å². The summed E-state index contributed by atoms with van der Waals surface area (Å²) in [6, 6.07) is 22.4. The fourth-order valence-corrected chi connectivity index (χ4v) is 3.60. The monoisotopic (exact) mass is 526 g/mol. The quantitative estimate of drug-likeness (QED) is 0.358. The predicted molar refractivity (Wildman–Crippen MR) is 142 cm³/mol. The number of benzene rings is 2. The molecule has 3 rings (SSSR count). The van der Waals surface area contributed by atoms with Gasteiger partial charge in [0.15, 0.2) is 0 Å². The summed E-state index contributed by atoms with van der Waals surface area (Å²) in [5.74, 6) is -5.03. The van der Waals surface area contributed by atoms with Crippen LogP contribution in [0.15, 0.2) is 85.0 Å². The molecule has 0 spiro atoms. The molecule has 10 heteroatoms. The summed E-state index contributed by atoms with van der Waals surface area (Å²) in [7, 11) is 2.22. The lowest BCUT2D eigenvalue weighted by molar-refractivity contribution is -0.134. The Kier molecular flexibility index (Phi) is 15.1. The van der Waals surface area contributed by atoms with Crippen LogP contribution >= 0.6 is 0 Å². The highest BCUT2D eigenvalue weighted by Gasteiger charge is 2.23. The molecule has 0 saturated carbocycles. The number of hydrogen-bond acceptors (Lipinski definition) is 6. The van der Waals surface area contributed by atoms with Gasteiger partial charge in [-0.05, 0) is 31.0 Å². The molecule has 1 aliphatic heterocycles. The molecule has 0 amide bonds. The lowest BCUT2D eigenvalue weighted by Crippen LogP contribution is -2.46. The number of rotatable bonds is 9. The molecule has 1 unspecified atom stereocenters. The standard InChI is InChI=1S/C20H26N2.2C4H4O4/c1-21-14-16-22(17-15-21)20(19-10-6-3-7-11-19)13-12-18-8-4-2-5-9-18;2*5-3(6)1-2-4(7)8/h2-11,20H,12-17H2,1H3;2*1-2H,(H,5,6)(H,7,8)/b;2*2-1-. The molecule has 0 bridgehead atoms. The summed E-state index contributed by atoms with van der Waals surface area (Å²) in [5.41, 5.74) is 2.90. The third kappa shape index (κ3) is 15.0. The van der Waals surface area contributed by atoms with Crippen LogP contribution in [-0.4, -0.2) is 87.3 Å². The zero-order valence-electron chi connectivity index (χ0n) is 21.2. The topological polar surface area (TPSA) is 156 Å². The molecule has 4 N–H and O–H groups in total. The van der Waals surface area contributed by atoms with Gasteiger partial charge in [-0.3, -0.25) is 4.90 Å². The van der Waals surface area contributed by atoms with E-state index < -0.39 is 23.9 Å². The van der Waals surface area contributed by atoms with Crippen LogP contribution in [0, 0.1) is 0 Å². The maximum absolute atomic E-state index is 9.55. The van der Waals surface area contributed by atoms with E-state index in [-0.39, 0.29) is 0 Å². The zero-order valence-corrected chi connectivity index (χ0v) is 21.2. The molecule has 2 aromatic rings. The molecular weight excluding hydrogens is 492 g/mol. The third-order valence-electron chi connectivity index (χ3n) is 5.45. The van der Waals surface area contributed by atoms with Crippen LogP contribution < -0.4 is 0 Å². The molecule has 38 heavy (non-hydrogen) atoms. The first-order valence-corrected chi connectivity index (χ1v) is 11.9. The number of piperazine rings is 1. The summed E-state index contributed by atoms with van der Waals surface area (Å²) < 4.78 is 0. The Hall–Kier alpha value is -4.28. The van der Waals surface area contributed by atoms with Gasteiger partial charge in [-0.25, -0.2) is 19.2 Å². The van der Waals surface area contributed by atoms with E-state index in [4.69, 9.17) is 20.4 Å². The van der Waals surface area contributed by atoms with Crippen molar-refractivity contribution < 1.29 is 39.6 Å². The minimum atomic E-state index is -1.26. The first kappa shape index (κ1) is 31.7. The number of carbonyl (C=O) groups is 4. The maximum atomic E-state index is 9.55. The molecule has 0 aliphatic carbocycles. The molecule has 1 atom stereocenters. The van der Waals surface area contributed by atoms with Gasteiger partial charge in [0.05, 0.1) is 0 Å². The molecule has 1 fully saturated rings. The number of nitrogens with zero attached hydrogens (tertiary/aromatic N) is 2. The average molecular weight is 527 g/mol. The van der Waals surface area contributed by atoms with Crippen molar-refractivity contribution >= 4 is 23.9 Å². The number of aliphatic carboxylic acids is 4. The van der Waals surface area contributed by atoms with E-state index >= 15 is 0 Å². The minimum Gasteiger partial charge on any atom is -0.478 e. The molecule has 10 nitrogen and oxygen atoms in total. The van der Waals surface area contributed by atoms with Gasteiger partial charge in [-0.2, -0.15) is 0 Å². The van der Waals surface area contributed by atoms with Gasteiger partial charge >= 0.3 is 23.9 Å². The Morgan fingerprint density at radius 1 is 0.684 bits per heavy atom. The molecule has 0 radical (unpaired) electrons. The van der Waals surface area contributed by atoms with Crippen molar-refractivity contribution in [2.24, 2.45) is 0 Å². The number of carboxylic acid groups (broad SMARTS) is 4. The van der Waals surface area contributed by atoms with Crippen LogP contribution in [0.5, 0.6) is 0 Å². The van der Waals surface area contributed by atoms with Crippen molar-refractivity contribution in [1.29, 1.82) is 0 Å². The normalized spacial score (nSPS) is 14.6. The predicted octanol–water partition coefficient (Wildman–Crippen LogP) is 3.03. The van der Waals surface area contributed by atoms with E-state index in [2.05, 4.69) is 77.5 Å². The second-order valence-corrected chi connectivity index (χ2v) is 8.31. The maximum Gasteiger partial charge on any atom is 0.328 e. The molecule has 1 aliphatic rings. The molecule has 204 valence electrons. The summed E-state index contributed by atoms with van der Waals surface area (Å²) in [6.45, 7) is 4.69. The third-order valence-corrected chi connectivity index (χ3v) is 5.45. The van der Waals surface area contributed by atoms with Gasteiger partial charge in [-0.1, -0.05) is 60.7 Å². The summed E-state index contributed by atoms with van der Waals surface area (Å²) >= 11 is 0. The van der Waals surface area contributed by atoms with E-state index in [0.29, 0.717) is 30.3 Å². The Bertz CT molecular complexity index is 997. The highest BCUT2D eigenvalue weighted by atomic mass is 16.4. The van der Waals surface area contributed by atoms with Gasteiger partial charge in [0.25, 0.3) is 0 Å². The van der Waals surface area contributed by atoms with Gasteiger partial charge in [0.1, 0.15) is 0 Å². The number of aryl methyl sites for hydroxylation is 1. The highest BCUT2D eigenvalue weighted by molar-refractivity contribution is 5.90. The Morgan fingerprint density at radius 2 is 1.08 bits per heavy atom. The van der Waals surface area contributed by atoms with E-state index in [1.165, 1.54) is 43.7 Å². The van der Waals surface area contributed by atoms with Crippen LogP contribution in [-0.2, 0) is 25.6 Å². The van der Waals surface area contributed by atoms with Gasteiger partial charge in [-0.15, -0.1) is 0 Å². The van der Waals surface area contributed by atoms with Crippen molar-refractivity contribution in [3.05, 3.63) is 96.1 Å². The SMILES string of the molecule is CN1CCN(C(CCc2ccccc2)c2ccccc2)CC1.O=C(O)/C=C\C(=O)O.O=C(O)/C=C\C(=O)O. The van der Waals surface area contributed by atoms with E-state index in [9.17, 15) is 19.2 Å². The molecule has 1 saturated heterocycles. The van der Waals surface area contributed by atoms with Crippen molar-refractivity contribution in [2.75, 3.05) is 33.2 Å². The van der Waals surface area contributed by atoms with Crippen molar-refractivity contribution in [1.82, 2.24) is 9.80 Å². The van der Waals surface area contributed by atoms with Crippen LogP contribution in [0.2, 0.25) is 0 Å². The van der Waals surface area contributed by atoms with E-state index in [1.807, 2.05) is 0 Å². The Labute approximate surface area is 221 Å². The van der Waals surface area contributed by atoms with E-state index in [1.54, 1.807) is 0 Å². The molecule has 2 aromatic carbocycles. The minimum absolute atomic E-state index is 0.537. The van der Waals surface area contributed by atoms with Crippen molar-refractivity contribution in [2.45, 2.75) is 18.9 Å². The van der Waals surface area contributed by atoms with Crippen LogP contribution in [0.1, 0.15) is 23.6 Å². The second kappa shape index (κ2) is 18.0. The first-order valence-electron chi connectivity index (χ1n) is 11.9. The van der Waals surface area contributed by atoms with Crippen molar-refractivity contribution in [3.63, 3.8) is 0 Å². The number of hydrogen-bond donors (Lipinski definition) is 4. The number of likely N-dealkylation sites (N-methyl/N-ethyl adjacent to an activating group) is 1. The lowest BCUT2D eigenvalue weighted by atomic mass is 9.97. The van der Waals surface area contributed by atoms with E-state index in [0.717, 1.165) is 6.42 Å². The van der Waals surface area contributed by atoms with Gasteiger partial charge < -0.3 is 25.3 Å². The lowest BCUT2D eigenvalue weighted by Gasteiger charge is -2.38. The highest BCUT2D eigenvalue weighted by Crippen LogP contribution is 2.27. The summed E-state index contributed by atoms with van der Waals surface area (Å²) in [6.07, 6.45) is 4.57. The fourth-order valence-electron chi connectivity index (χ4n) is 3.60. The fraction of sp³-hybridized carbons (Fsp3) is 0.286. The molecular formula is C28H34N2O8. The molecule has 0 aromatic heterocycles. The number of carboxylic acids is 4. The van der Waals surface area contributed by atoms with Crippen molar-refractivity contribution in [3.8, 4) is 0 Å².